The van der Waals surface area contributed by atoms with E-state index in [1.54, 1.807) is 26.1 Å². The van der Waals surface area contributed by atoms with E-state index in [4.69, 9.17) is 16.9 Å². The van der Waals surface area contributed by atoms with E-state index in [1.807, 2.05) is 19.1 Å². The van der Waals surface area contributed by atoms with Crippen molar-refractivity contribution < 1.29 is 4.79 Å². The van der Waals surface area contributed by atoms with Crippen LogP contribution in [0.2, 0.25) is 5.02 Å². The number of carbonyl (C=O) groups excluding carboxylic acids is 1. The molecule has 16 heavy (non-hydrogen) atoms. The fourth-order valence-electron chi connectivity index (χ4n) is 1.25. The highest BCUT2D eigenvalue weighted by Crippen LogP contribution is 2.19. The molecule has 0 fully saturated rings. The predicted molar refractivity (Wildman–Crippen MR) is 63.4 cm³/mol. The number of halogens is 1. The highest BCUT2D eigenvalue weighted by Gasteiger charge is 2.19. The van der Waals surface area contributed by atoms with Crippen LogP contribution in [0, 0.1) is 18.3 Å². The summed E-state index contributed by atoms with van der Waals surface area (Å²) < 4.78 is 0. The minimum atomic E-state index is -0.468. The fraction of sp³-hybridized carbons (Fsp3) is 0.333. The van der Waals surface area contributed by atoms with Crippen molar-refractivity contribution in [1.82, 2.24) is 4.90 Å². The molecular weight excluding hydrogens is 224 g/mol. The van der Waals surface area contributed by atoms with Crippen LogP contribution in [0.1, 0.15) is 22.8 Å². The maximum absolute atomic E-state index is 12.0. The minimum absolute atomic E-state index is 0.237. The molecule has 3 nitrogen and oxygen atoms in total. The van der Waals surface area contributed by atoms with E-state index in [0.717, 1.165) is 5.56 Å². The smallest absolute Gasteiger partial charge is 0.256 e. The van der Waals surface area contributed by atoms with Gasteiger partial charge in [-0.15, -0.1) is 0 Å². The van der Waals surface area contributed by atoms with Crippen molar-refractivity contribution in [1.29, 1.82) is 5.26 Å². The summed E-state index contributed by atoms with van der Waals surface area (Å²) in [6.45, 7) is 3.57. The fourth-order valence-corrected chi connectivity index (χ4v) is 1.56. The first-order valence-corrected chi connectivity index (χ1v) is 5.28. The molecule has 1 rings (SSSR count). The number of benzene rings is 1. The van der Waals surface area contributed by atoms with Gasteiger partial charge >= 0.3 is 0 Å². The van der Waals surface area contributed by atoms with Gasteiger partial charge in [0.1, 0.15) is 6.04 Å². The van der Waals surface area contributed by atoms with Gasteiger partial charge in [0.2, 0.25) is 0 Å². The lowest BCUT2D eigenvalue weighted by molar-refractivity contribution is 0.0773. The quantitative estimate of drug-likeness (QED) is 0.792. The second kappa shape index (κ2) is 5.00. The summed E-state index contributed by atoms with van der Waals surface area (Å²) in [7, 11) is 1.59. The summed E-state index contributed by atoms with van der Waals surface area (Å²) in [5.41, 5.74) is 1.43. The zero-order valence-corrected chi connectivity index (χ0v) is 10.2. The van der Waals surface area contributed by atoms with Crippen molar-refractivity contribution in [2.75, 3.05) is 7.05 Å². The van der Waals surface area contributed by atoms with Crippen LogP contribution in [0.5, 0.6) is 0 Å². The van der Waals surface area contributed by atoms with Crippen molar-refractivity contribution in [3.63, 3.8) is 0 Å². The van der Waals surface area contributed by atoms with Gasteiger partial charge in [0.05, 0.1) is 16.7 Å². The second-order valence-electron chi connectivity index (χ2n) is 3.70. The molecule has 0 radical (unpaired) electrons. The van der Waals surface area contributed by atoms with Gasteiger partial charge < -0.3 is 4.90 Å². The molecule has 0 spiro atoms. The van der Waals surface area contributed by atoms with Crippen molar-refractivity contribution in [3.8, 4) is 6.07 Å². The molecule has 0 bridgehead atoms. The number of hydrogen-bond donors (Lipinski definition) is 0. The van der Waals surface area contributed by atoms with Crippen molar-refractivity contribution in [3.05, 3.63) is 34.3 Å². The van der Waals surface area contributed by atoms with Gasteiger partial charge in [-0.05, 0) is 31.5 Å². The van der Waals surface area contributed by atoms with E-state index >= 15 is 0 Å². The van der Waals surface area contributed by atoms with Crippen LogP contribution >= 0.6 is 11.6 Å². The third-order valence-electron chi connectivity index (χ3n) is 2.44. The monoisotopic (exact) mass is 236 g/mol. The Hall–Kier alpha value is -1.53. The van der Waals surface area contributed by atoms with Gasteiger partial charge in [-0.3, -0.25) is 4.79 Å². The molecular formula is C12H13ClN2O. The second-order valence-corrected chi connectivity index (χ2v) is 4.11. The molecule has 1 aromatic rings. The van der Waals surface area contributed by atoms with Crippen LogP contribution in [-0.4, -0.2) is 23.9 Å². The molecule has 0 aromatic heterocycles. The maximum atomic E-state index is 12.0. The lowest BCUT2D eigenvalue weighted by atomic mass is 10.1. The first-order valence-electron chi connectivity index (χ1n) is 4.90. The van der Waals surface area contributed by atoms with Gasteiger partial charge in [-0.2, -0.15) is 5.26 Å². The largest absolute Gasteiger partial charge is 0.326 e. The molecule has 4 heteroatoms. The van der Waals surface area contributed by atoms with Crippen LogP contribution in [-0.2, 0) is 0 Å². The summed E-state index contributed by atoms with van der Waals surface area (Å²) in [4.78, 5) is 13.3. The number of rotatable bonds is 2. The molecule has 0 saturated heterocycles. The molecule has 84 valence electrons. The number of hydrogen-bond acceptors (Lipinski definition) is 2. The Bertz CT molecular complexity index is 451. The maximum Gasteiger partial charge on any atom is 0.256 e. The van der Waals surface area contributed by atoms with Crippen LogP contribution in [0.4, 0.5) is 0 Å². The molecule has 0 saturated carbocycles. The first-order chi connectivity index (χ1) is 7.47. The molecule has 0 N–H and O–H groups in total. The van der Waals surface area contributed by atoms with E-state index in [9.17, 15) is 4.79 Å². The van der Waals surface area contributed by atoms with E-state index in [0.29, 0.717) is 10.6 Å². The van der Waals surface area contributed by atoms with Gasteiger partial charge in [0.25, 0.3) is 5.91 Å². The summed E-state index contributed by atoms with van der Waals surface area (Å²) in [6.07, 6.45) is 0. The summed E-state index contributed by atoms with van der Waals surface area (Å²) in [5.74, 6) is -0.237. The number of nitriles is 1. The molecule has 1 unspecified atom stereocenters. The zero-order valence-electron chi connectivity index (χ0n) is 9.49. The van der Waals surface area contributed by atoms with Gasteiger partial charge in [-0.25, -0.2) is 0 Å². The number of carbonyl (C=O) groups is 1. The number of aryl methyl sites for hydroxylation is 1. The molecule has 1 aromatic carbocycles. The first kappa shape index (κ1) is 12.5. The van der Waals surface area contributed by atoms with Crippen molar-refractivity contribution >= 4 is 17.5 Å². The Balaban J connectivity index is 3.02. The highest BCUT2D eigenvalue weighted by atomic mass is 35.5. The average Bonchev–Trinajstić information content (AvgIpc) is 2.26. The van der Waals surface area contributed by atoms with Gasteiger partial charge in [0.15, 0.2) is 0 Å². The Kier molecular flexibility index (Phi) is 3.92. The van der Waals surface area contributed by atoms with Crippen molar-refractivity contribution in [2.24, 2.45) is 0 Å². The average molecular weight is 237 g/mol. The summed E-state index contributed by atoms with van der Waals surface area (Å²) in [5, 5.41) is 9.16. The lowest BCUT2D eigenvalue weighted by Gasteiger charge is -2.20. The predicted octanol–water partition coefficient (Wildman–Crippen LogP) is 2.63. The zero-order chi connectivity index (χ0) is 12.3. The SMILES string of the molecule is Cc1ccc(C(=O)N(C)C(C)C#N)c(Cl)c1. The Morgan fingerprint density at radius 1 is 1.56 bits per heavy atom. The standard InChI is InChI=1S/C12H13ClN2O/c1-8-4-5-10(11(13)6-8)12(16)15(3)9(2)7-14/h4-6,9H,1-3H3. The normalized spacial score (nSPS) is 11.7. The summed E-state index contributed by atoms with van der Waals surface area (Å²) >= 11 is 5.99. The third kappa shape index (κ3) is 2.53. The van der Waals surface area contributed by atoms with E-state index < -0.39 is 6.04 Å². The van der Waals surface area contributed by atoms with E-state index in [2.05, 4.69) is 0 Å². The van der Waals surface area contributed by atoms with Crippen LogP contribution < -0.4 is 0 Å². The van der Waals surface area contributed by atoms with Crippen molar-refractivity contribution in [2.45, 2.75) is 19.9 Å². The van der Waals surface area contributed by atoms with Gasteiger partial charge in [0, 0.05) is 7.05 Å². The molecule has 0 aliphatic rings. The number of amides is 1. The molecule has 0 aliphatic carbocycles. The summed E-state index contributed by atoms with van der Waals surface area (Å²) in [6, 6.07) is 6.78. The Morgan fingerprint density at radius 3 is 2.69 bits per heavy atom. The number of nitrogens with zero attached hydrogens (tertiary/aromatic N) is 2. The van der Waals surface area contributed by atoms with Crippen LogP contribution in [0.15, 0.2) is 18.2 Å². The van der Waals surface area contributed by atoms with Gasteiger partial charge in [-0.1, -0.05) is 17.7 Å². The van der Waals surface area contributed by atoms with E-state index in [-0.39, 0.29) is 5.91 Å². The van der Waals surface area contributed by atoms with E-state index in [1.165, 1.54) is 4.90 Å². The third-order valence-corrected chi connectivity index (χ3v) is 2.76. The molecule has 1 amide bonds. The molecule has 0 aliphatic heterocycles. The Labute approximate surface area is 100 Å². The molecule has 1 atom stereocenters. The van der Waals surface area contributed by atoms with Crippen LogP contribution in [0.25, 0.3) is 0 Å². The van der Waals surface area contributed by atoms with Crippen LogP contribution in [0.3, 0.4) is 0 Å². The Morgan fingerprint density at radius 2 is 2.19 bits per heavy atom. The minimum Gasteiger partial charge on any atom is -0.326 e. The molecule has 0 heterocycles. The topological polar surface area (TPSA) is 44.1 Å². The highest BCUT2D eigenvalue weighted by molar-refractivity contribution is 6.33. The lowest BCUT2D eigenvalue weighted by Crippen LogP contribution is -2.34.